The summed E-state index contributed by atoms with van der Waals surface area (Å²) in [6.45, 7) is 0. The molecule has 0 saturated heterocycles. The number of nitrogens with one attached hydrogen (secondary N) is 3. The number of nitrogen functional groups attached to an aromatic ring is 1. The van der Waals surface area contributed by atoms with Gasteiger partial charge in [-0.2, -0.15) is 4.98 Å². The monoisotopic (exact) mass is 414 g/mol. The number of para-hydroxylation sites is 1. The molecule has 1 amide bonds. The molecule has 2 aromatic carbocycles. The normalized spacial score (nSPS) is 10.3. The van der Waals surface area contributed by atoms with E-state index in [2.05, 4.69) is 26.1 Å². The van der Waals surface area contributed by atoms with Gasteiger partial charge in [-0.05, 0) is 30.3 Å². The van der Waals surface area contributed by atoms with Crippen molar-refractivity contribution in [2.75, 3.05) is 30.6 Å². The number of methoxy groups -OCH3 is 1. The predicted octanol–water partition coefficient (Wildman–Crippen LogP) is 3.50. The lowest BCUT2D eigenvalue weighted by atomic mass is 10.1. The van der Waals surface area contributed by atoms with Crippen LogP contribution in [0, 0.1) is 0 Å². The fourth-order valence-corrected chi connectivity index (χ4v) is 2.66. The van der Waals surface area contributed by atoms with Gasteiger partial charge in [0.2, 0.25) is 5.95 Å². The third-order valence-corrected chi connectivity index (χ3v) is 4.11. The molecule has 0 saturated carbocycles. The zero-order chi connectivity index (χ0) is 20.8. The number of hydrogen-bond donors (Lipinski definition) is 4. The van der Waals surface area contributed by atoms with E-state index in [0.717, 1.165) is 0 Å². The molecule has 0 spiro atoms. The van der Waals surface area contributed by atoms with Gasteiger partial charge in [0, 0.05) is 5.69 Å². The lowest BCUT2D eigenvalue weighted by molar-refractivity contribution is 0.0538. The fraction of sp³-hybridized carbons (Fsp3) is 0.105. The van der Waals surface area contributed by atoms with Gasteiger partial charge in [0.1, 0.15) is 10.8 Å². The van der Waals surface area contributed by atoms with E-state index in [0.29, 0.717) is 34.2 Å². The quantitative estimate of drug-likeness (QED) is 0.342. The van der Waals surface area contributed by atoms with Crippen molar-refractivity contribution in [3.63, 3.8) is 0 Å². The third kappa shape index (κ3) is 4.84. The SMILES string of the molecule is CONC(=O)c1ccccc1Nc1nc(Nc2cc(N)ccc2OC)ncc1Cl. The summed E-state index contributed by atoms with van der Waals surface area (Å²) in [7, 11) is 2.91. The Morgan fingerprint density at radius 2 is 1.90 bits per heavy atom. The van der Waals surface area contributed by atoms with Crippen LogP contribution < -0.4 is 26.6 Å². The highest BCUT2D eigenvalue weighted by molar-refractivity contribution is 6.33. The summed E-state index contributed by atoms with van der Waals surface area (Å²) < 4.78 is 5.32. The molecule has 0 aliphatic rings. The highest BCUT2D eigenvalue weighted by Crippen LogP contribution is 2.30. The van der Waals surface area contributed by atoms with Crippen LogP contribution in [0.4, 0.5) is 28.8 Å². The molecule has 0 atom stereocenters. The summed E-state index contributed by atoms with van der Waals surface area (Å²) >= 11 is 6.24. The molecule has 0 fully saturated rings. The van der Waals surface area contributed by atoms with E-state index in [1.807, 2.05) is 0 Å². The van der Waals surface area contributed by atoms with Gasteiger partial charge in [0.15, 0.2) is 5.82 Å². The van der Waals surface area contributed by atoms with Gasteiger partial charge in [0.05, 0.1) is 37.4 Å². The molecule has 5 N–H and O–H groups in total. The Morgan fingerprint density at radius 1 is 1.10 bits per heavy atom. The minimum Gasteiger partial charge on any atom is -0.495 e. The van der Waals surface area contributed by atoms with E-state index < -0.39 is 5.91 Å². The summed E-state index contributed by atoms with van der Waals surface area (Å²) in [6.07, 6.45) is 1.44. The van der Waals surface area contributed by atoms with Crippen molar-refractivity contribution in [3.05, 3.63) is 59.2 Å². The highest BCUT2D eigenvalue weighted by atomic mass is 35.5. The largest absolute Gasteiger partial charge is 0.495 e. The molecular weight excluding hydrogens is 396 g/mol. The minimum atomic E-state index is -0.413. The average Bonchev–Trinajstić information content (AvgIpc) is 2.71. The van der Waals surface area contributed by atoms with E-state index >= 15 is 0 Å². The maximum atomic E-state index is 12.2. The molecule has 150 valence electrons. The molecule has 3 aromatic rings. The Hall–Kier alpha value is -3.56. The summed E-state index contributed by atoms with van der Waals surface area (Å²) in [4.78, 5) is 25.4. The molecule has 3 rings (SSSR count). The van der Waals surface area contributed by atoms with Crippen molar-refractivity contribution in [2.24, 2.45) is 0 Å². The van der Waals surface area contributed by atoms with Gasteiger partial charge < -0.3 is 21.1 Å². The van der Waals surface area contributed by atoms with Crippen LogP contribution in [0.2, 0.25) is 5.02 Å². The summed E-state index contributed by atoms with van der Waals surface area (Å²) in [6, 6.07) is 12.0. The second-order valence-electron chi connectivity index (χ2n) is 5.78. The van der Waals surface area contributed by atoms with Crippen LogP contribution in [0.5, 0.6) is 5.75 Å². The Kier molecular flexibility index (Phi) is 6.32. The number of benzene rings is 2. The van der Waals surface area contributed by atoms with Crippen molar-refractivity contribution in [2.45, 2.75) is 0 Å². The molecule has 0 bridgehead atoms. The van der Waals surface area contributed by atoms with E-state index in [1.54, 1.807) is 49.6 Å². The van der Waals surface area contributed by atoms with Crippen LogP contribution in [0.15, 0.2) is 48.7 Å². The van der Waals surface area contributed by atoms with Gasteiger partial charge in [-0.25, -0.2) is 10.5 Å². The smallest absolute Gasteiger partial charge is 0.276 e. The van der Waals surface area contributed by atoms with Gasteiger partial charge in [-0.1, -0.05) is 23.7 Å². The zero-order valence-corrected chi connectivity index (χ0v) is 16.4. The number of hydroxylamine groups is 1. The summed E-state index contributed by atoms with van der Waals surface area (Å²) in [5.41, 5.74) is 10.1. The number of amides is 1. The average molecular weight is 415 g/mol. The number of hydrogen-bond acceptors (Lipinski definition) is 8. The molecule has 0 aliphatic heterocycles. The van der Waals surface area contributed by atoms with E-state index in [-0.39, 0.29) is 11.0 Å². The topological polar surface area (TPSA) is 123 Å². The van der Waals surface area contributed by atoms with Crippen LogP contribution >= 0.6 is 11.6 Å². The maximum Gasteiger partial charge on any atom is 0.276 e. The van der Waals surface area contributed by atoms with Gasteiger partial charge in [-0.15, -0.1) is 0 Å². The highest BCUT2D eigenvalue weighted by Gasteiger charge is 2.14. The number of nitrogens with two attached hydrogens (primary N) is 1. The molecule has 0 radical (unpaired) electrons. The van der Waals surface area contributed by atoms with Crippen molar-refractivity contribution in [3.8, 4) is 5.75 Å². The first-order valence-corrected chi connectivity index (χ1v) is 8.82. The molecule has 9 nitrogen and oxygen atoms in total. The minimum absolute atomic E-state index is 0.264. The van der Waals surface area contributed by atoms with Gasteiger partial charge in [0.25, 0.3) is 5.91 Å². The fourth-order valence-electron chi connectivity index (χ4n) is 2.52. The first-order valence-electron chi connectivity index (χ1n) is 8.44. The standard InChI is InChI=1S/C19H19ClN6O3/c1-28-16-8-7-11(21)9-15(16)24-19-22-10-13(20)17(25-19)23-14-6-4-3-5-12(14)18(27)26-29-2/h3-10H,21H2,1-2H3,(H,26,27)(H2,22,23,24,25). The number of aromatic nitrogens is 2. The molecule has 1 heterocycles. The van der Waals surface area contributed by atoms with E-state index in [9.17, 15) is 4.79 Å². The van der Waals surface area contributed by atoms with Gasteiger partial charge in [-0.3, -0.25) is 9.63 Å². The molecule has 10 heteroatoms. The molecule has 1 aromatic heterocycles. The number of nitrogens with zero attached hydrogens (tertiary/aromatic N) is 2. The number of rotatable bonds is 7. The van der Waals surface area contributed by atoms with Crippen LogP contribution in [-0.2, 0) is 4.84 Å². The predicted molar refractivity (Wildman–Crippen MR) is 112 cm³/mol. The lowest BCUT2D eigenvalue weighted by Crippen LogP contribution is -2.22. The number of anilines is 5. The first kappa shape index (κ1) is 20.2. The molecule has 0 aliphatic carbocycles. The number of ether oxygens (including phenoxy) is 1. The number of carbonyl (C=O) groups is 1. The number of carbonyl (C=O) groups excluding carboxylic acids is 1. The Morgan fingerprint density at radius 3 is 2.66 bits per heavy atom. The second-order valence-corrected chi connectivity index (χ2v) is 6.19. The molecule has 0 unspecified atom stereocenters. The zero-order valence-electron chi connectivity index (χ0n) is 15.7. The molecule has 29 heavy (non-hydrogen) atoms. The van der Waals surface area contributed by atoms with Crippen LogP contribution in [0.25, 0.3) is 0 Å². The van der Waals surface area contributed by atoms with Crippen LogP contribution in [0.1, 0.15) is 10.4 Å². The van der Waals surface area contributed by atoms with Crippen molar-refractivity contribution in [1.82, 2.24) is 15.4 Å². The van der Waals surface area contributed by atoms with E-state index in [1.165, 1.54) is 13.3 Å². The third-order valence-electron chi connectivity index (χ3n) is 3.83. The Bertz CT molecular complexity index is 1030. The maximum absolute atomic E-state index is 12.2. The second kappa shape index (κ2) is 9.09. The van der Waals surface area contributed by atoms with Crippen molar-refractivity contribution >= 4 is 46.3 Å². The van der Waals surface area contributed by atoms with E-state index in [4.69, 9.17) is 26.9 Å². The van der Waals surface area contributed by atoms with Crippen molar-refractivity contribution < 1.29 is 14.4 Å². The van der Waals surface area contributed by atoms with Crippen molar-refractivity contribution in [1.29, 1.82) is 0 Å². The van der Waals surface area contributed by atoms with Crippen LogP contribution in [0.3, 0.4) is 0 Å². The Balaban J connectivity index is 1.90. The Labute approximate surface area is 172 Å². The molecular formula is C19H19ClN6O3. The van der Waals surface area contributed by atoms with Gasteiger partial charge >= 0.3 is 0 Å². The lowest BCUT2D eigenvalue weighted by Gasteiger charge is -2.14. The number of halogens is 1. The van der Waals surface area contributed by atoms with Crippen LogP contribution in [-0.4, -0.2) is 30.1 Å². The first-order chi connectivity index (χ1) is 14.0. The summed E-state index contributed by atoms with van der Waals surface area (Å²) in [5, 5.41) is 6.38. The summed E-state index contributed by atoms with van der Waals surface area (Å²) in [5.74, 6) is 0.738.